The molecular weight excluding hydrogens is 254 g/mol. The predicted octanol–water partition coefficient (Wildman–Crippen LogP) is 0.995. The number of nitrogens with zero attached hydrogens (tertiary/aromatic N) is 1. The molecule has 1 saturated heterocycles. The summed E-state index contributed by atoms with van der Waals surface area (Å²) in [5.74, 6) is 0.376. The molecule has 2 N–H and O–H groups in total. The van der Waals surface area contributed by atoms with Crippen molar-refractivity contribution in [3.8, 4) is 0 Å². The second-order valence-electron chi connectivity index (χ2n) is 5.97. The van der Waals surface area contributed by atoms with Gasteiger partial charge in [0.05, 0.1) is 0 Å². The Labute approximate surface area is 122 Å². The minimum absolute atomic E-state index is 0.00900. The van der Waals surface area contributed by atoms with Crippen LogP contribution in [0.1, 0.15) is 40.5 Å². The number of carbonyl (C=O) groups is 2. The number of hydrogen-bond donors (Lipinski definition) is 2. The summed E-state index contributed by atoms with van der Waals surface area (Å²) >= 11 is 0. The van der Waals surface area contributed by atoms with Gasteiger partial charge in [-0.2, -0.15) is 0 Å². The third-order valence-corrected chi connectivity index (χ3v) is 3.80. The first-order valence-electron chi connectivity index (χ1n) is 7.75. The normalized spacial score (nSPS) is 18.1. The number of likely N-dealkylation sites (tertiary alicyclic amines) is 1. The van der Waals surface area contributed by atoms with Crippen molar-refractivity contribution >= 4 is 11.8 Å². The highest BCUT2D eigenvalue weighted by atomic mass is 16.2. The summed E-state index contributed by atoms with van der Waals surface area (Å²) in [6, 6.07) is 0.211. The van der Waals surface area contributed by atoms with E-state index < -0.39 is 0 Å². The van der Waals surface area contributed by atoms with E-state index in [1.807, 2.05) is 32.6 Å². The zero-order valence-corrected chi connectivity index (χ0v) is 13.2. The van der Waals surface area contributed by atoms with Crippen LogP contribution in [0.2, 0.25) is 0 Å². The number of piperidine rings is 1. The maximum atomic E-state index is 12.0. The Hall–Kier alpha value is -1.10. The number of hydrogen-bond acceptors (Lipinski definition) is 3. The summed E-state index contributed by atoms with van der Waals surface area (Å²) in [4.78, 5) is 25.8. The van der Waals surface area contributed by atoms with Crippen molar-refractivity contribution in [1.29, 1.82) is 0 Å². The smallest absolute Gasteiger partial charge is 0.225 e. The van der Waals surface area contributed by atoms with E-state index in [1.54, 1.807) is 0 Å². The lowest BCUT2D eigenvalue weighted by molar-refractivity contribution is -0.135. The molecule has 0 saturated carbocycles. The summed E-state index contributed by atoms with van der Waals surface area (Å²) in [5.41, 5.74) is 0. The first kappa shape index (κ1) is 17.0. The number of amides is 2. The Morgan fingerprint density at radius 3 is 2.30 bits per heavy atom. The molecule has 1 fully saturated rings. The molecule has 0 aromatic carbocycles. The Kier molecular flexibility index (Phi) is 6.99. The average Bonchev–Trinajstić information content (AvgIpc) is 2.44. The fraction of sp³-hybridized carbons (Fsp3) is 0.867. The minimum atomic E-state index is -0.00900. The van der Waals surface area contributed by atoms with Gasteiger partial charge in [-0.05, 0) is 19.4 Å². The molecule has 0 aromatic rings. The largest absolute Gasteiger partial charge is 0.353 e. The predicted molar refractivity (Wildman–Crippen MR) is 80.3 cm³/mol. The highest BCUT2D eigenvalue weighted by molar-refractivity contribution is 5.79. The second kappa shape index (κ2) is 8.25. The van der Waals surface area contributed by atoms with Gasteiger partial charge in [-0.1, -0.05) is 27.7 Å². The fourth-order valence-electron chi connectivity index (χ4n) is 2.41. The van der Waals surface area contributed by atoms with Crippen molar-refractivity contribution in [2.24, 2.45) is 11.8 Å². The van der Waals surface area contributed by atoms with E-state index in [-0.39, 0.29) is 29.7 Å². The number of carbonyl (C=O) groups excluding carboxylic acids is 2. The van der Waals surface area contributed by atoms with Crippen LogP contribution in [0.25, 0.3) is 0 Å². The summed E-state index contributed by atoms with van der Waals surface area (Å²) in [7, 11) is 0. The molecule has 2 amide bonds. The van der Waals surface area contributed by atoms with E-state index in [0.717, 1.165) is 32.5 Å². The Morgan fingerprint density at radius 1 is 1.20 bits per heavy atom. The van der Waals surface area contributed by atoms with Crippen LogP contribution in [0.4, 0.5) is 0 Å². The molecule has 0 aromatic heterocycles. The zero-order chi connectivity index (χ0) is 15.1. The summed E-state index contributed by atoms with van der Waals surface area (Å²) < 4.78 is 0. The van der Waals surface area contributed by atoms with Crippen molar-refractivity contribution in [1.82, 2.24) is 15.5 Å². The van der Waals surface area contributed by atoms with Gasteiger partial charge in [0.15, 0.2) is 0 Å². The highest BCUT2D eigenvalue weighted by Gasteiger charge is 2.25. The van der Waals surface area contributed by atoms with Gasteiger partial charge in [-0.25, -0.2) is 0 Å². The molecule has 20 heavy (non-hydrogen) atoms. The quantitative estimate of drug-likeness (QED) is 0.764. The monoisotopic (exact) mass is 283 g/mol. The van der Waals surface area contributed by atoms with E-state index >= 15 is 0 Å². The first-order valence-corrected chi connectivity index (χ1v) is 7.75. The van der Waals surface area contributed by atoms with Gasteiger partial charge in [-0.15, -0.1) is 0 Å². The van der Waals surface area contributed by atoms with Gasteiger partial charge >= 0.3 is 0 Å². The van der Waals surface area contributed by atoms with Crippen LogP contribution in [0.3, 0.4) is 0 Å². The van der Waals surface area contributed by atoms with Crippen LogP contribution in [0.15, 0.2) is 0 Å². The Balaban J connectivity index is 2.31. The third kappa shape index (κ3) is 5.12. The van der Waals surface area contributed by atoms with Crippen LogP contribution < -0.4 is 10.6 Å². The molecule has 1 rings (SSSR count). The van der Waals surface area contributed by atoms with Crippen LogP contribution >= 0.6 is 0 Å². The molecule has 0 spiro atoms. The van der Waals surface area contributed by atoms with Gasteiger partial charge in [-0.3, -0.25) is 9.59 Å². The van der Waals surface area contributed by atoms with Crippen molar-refractivity contribution in [3.05, 3.63) is 0 Å². The van der Waals surface area contributed by atoms with Crippen molar-refractivity contribution in [2.75, 3.05) is 26.2 Å². The van der Waals surface area contributed by atoms with Gasteiger partial charge in [0.1, 0.15) is 0 Å². The van der Waals surface area contributed by atoms with E-state index in [1.165, 1.54) is 0 Å². The lowest BCUT2D eigenvalue weighted by Crippen LogP contribution is -2.49. The van der Waals surface area contributed by atoms with Crippen LogP contribution in [0.5, 0.6) is 0 Å². The highest BCUT2D eigenvalue weighted by Crippen LogP contribution is 2.13. The fourth-order valence-corrected chi connectivity index (χ4v) is 2.41. The lowest BCUT2D eigenvalue weighted by atomic mass is 10.0. The van der Waals surface area contributed by atoms with E-state index in [2.05, 4.69) is 10.6 Å². The Morgan fingerprint density at radius 2 is 1.80 bits per heavy atom. The molecular formula is C15H29N3O2. The van der Waals surface area contributed by atoms with E-state index in [0.29, 0.717) is 6.54 Å². The molecule has 0 bridgehead atoms. The number of nitrogens with one attached hydrogen (secondary N) is 2. The van der Waals surface area contributed by atoms with Crippen LogP contribution in [0, 0.1) is 11.8 Å². The van der Waals surface area contributed by atoms with Crippen LogP contribution in [-0.2, 0) is 9.59 Å². The average molecular weight is 283 g/mol. The van der Waals surface area contributed by atoms with E-state index in [4.69, 9.17) is 0 Å². The maximum absolute atomic E-state index is 12.0. The molecule has 5 nitrogen and oxygen atoms in total. The van der Waals surface area contributed by atoms with Crippen molar-refractivity contribution in [3.63, 3.8) is 0 Å². The van der Waals surface area contributed by atoms with Gasteiger partial charge in [0.2, 0.25) is 11.8 Å². The summed E-state index contributed by atoms with van der Waals surface area (Å²) in [5, 5.41) is 6.29. The number of rotatable bonds is 6. The molecule has 1 unspecified atom stereocenters. The zero-order valence-electron chi connectivity index (χ0n) is 13.2. The minimum Gasteiger partial charge on any atom is -0.353 e. The molecule has 1 aliphatic heterocycles. The lowest BCUT2D eigenvalue weighted by Gasteiger charge is -2.33. The van der Waals surface area contributed by atoms with E-state index in [9.17, 15) is 9.59 Å². The maximum Gasteiger partial charge on any atom is 0.225 e. The first-order chi connectivity index (χ1) is 9.45. The van der Waals surface area contributed by atoms with Gasteiger partial charge in [0.25, 0.3) is 0 Å². The molecule has 1 heterocycles. The standard InChI is InChI=1S/C15H29N3O2/c1-5-16-10-12(4)14(19)17-13-6-8-18(9-7-13)15(20)11(2)3/h11-13,16H,5-10H2,1-4H3,(H,17,19). The molecule has 116 valence electrons. The van der Waals surface area contributed by atoms with Crippen molar-refractivity contribution in [2.45, 2.75) is 46.6 Å². The van der Waals surface area contributed by atoms with Gasteiger partial charge < -0.3 is 15.5 Å². The van der Waals surface area contributed by atoms with Gasteiger partial charge in [0, 0.05) is 37.5 Å². The third-order valence-electron chi connectivity index (χ3n) is 3.80. The Bertz CT molecular complexity index is 323. The summed E-state index contributed by atoms with van der Waals surface area (Å²) in [6.45, 7) is 10.9. The summed E-state index contributed by atoms with van der Waals surface area (Å²) in [6.07, 6.45) is 1.72. The van der Waals surface area contributed by atoms with Crippen LogP contribution in [-0.4, -0.2) is 48.9 Å². The SMILES string of the molecule is CCNCC(C)C(=O)NC1CCN(C(=O)C(C)C)CC1. The molecule has 1 atom stereocenters. The second-order valence-corrected chi connectivity index (χ2v) is 5.97. The molecule has 1 aliphatic rings. The van der Waals surface area contributed by atoms with Crippen molar-refractivity contribution < 1.29 is 9.59 Å². The topological polar surface area (TPSA) is 61.4 Å². The molecule has 5 heteroatoms. The molecule has 0 aliphatic carbocycles. The molecule has 0 radical (unpaired) electrons.